The van der Waals surface area contributed by atoms with Crippen LogP contribution < -0.4 is 9.64 Å². The van der Waals surface area contributed by atoms with Gasteiger partial charge in [-0.2, -0.15) is 13.2 Å². The van der Waals surface area contributed by atoms with Crippen LogP contribution in [0.15, 0.2) is 36.4 Å². The van der Waals surface area contributed by atoms with Crippen LogP contribution in [0, 0.1) is 13.8 Å². The molecule has 1 saturated heterocycles. The third-order valence-electron chi connectivity index (χ3n) is 5.81. The average molecular weight is 458 g/mol. The summed E-state index contributed by atoms with van der Waals surface area (Å²) >= 11 is 0. The summed E-state index contributed by atoms with van der Waals surface area (Å²) in [6.07, 6.45) is -4.63. The van der Waals surface area contributed by atoms with Gasteiger partial charge in [-0.1, -0.05) is 0 Å². The summed E-state index contributed by atoms with van der Waals surface area (Å²) in [6, 6.07) is 10.2. The maximum Gasteiger partial charge on any atom is 0.437 e. The molecule has 0 saturated carbocycles. The van der Waals surface area contributed by atoms with Crippen molar-refractivity contribution in [1.29, 1.82) is 0 Å². The third kappa shape index (κ3) is 4.72. The highest BCUT2D eigenvalue weighted by atomic mass is 19.4. The number of aryl methyl sites for hydroxylation is 2. The highest BCUT2D eigenvalue weighted by Crippen LogP contribution is 2.36. The smallest absolute Gasteiger partial charge is 0.437 e. The number of alkyl halides is 3. The molecule has 0 N–H and O–H groups in total. The first-order valence-electron chi connectivity index (χ1n) is 10.8. The summed E-state index contributed by atoms with van der Waals surface area (Å²) in [7, 11) is 0. The molecule has 4 rings (SSSR count). The quantitative estimate of drug-likeness (QED) is 0.571. The Morgan fingerprint density at radius 2 is 1.55 bits per heavy atom. The number of nitrogens with zero attached hydrogens (tertiary/aromatic N) is 4. The monoisotopic (exact) mass is 458 g/mol. The van der Waals surface area contributed by atoms with E-state index in [1.54, 1.807) is 46.2 Å². The van der Waals surface area contributed by atoms with Gasteiger partial charge in [-0.3, -0.25) is 4.79 Å². The van der Waals surface area contributed by atoms with E-state index >= 15 is 0 Å². The van der Waals surface area contributed by atoms with E-state index in [9.17, 15) is 18.0 Å². The molecule has 1 fully saturated rings. The molecule has 1 aliphatic rings. The van der Waals surface area contributed by atoms with Crippen LogP contribution in [0.2, 0.25) is 0 Å². The first-order valence-corrected chi connectivity index (χ1v) is 10.8. The zero-order valence-corrected chi connectivity index (χ0v) is 18.7. The van der Waals surface area contributed by atoms with Crippen LogP contribution in [0.5, 0.6) is 5.75 Å². The first-order chi connectivity index (χ1) is 15.7. The zero-order valence-electron chi connectivity index (χ0n) is 18.7. The number of aromatic nitrogens is 2. The van der Waals surface area contributed by atoms with E-state index in [1.807, 2.05) is 20.8 Å². The highest BCUT2D eigenvalue weighted by molar-refractivity contribution is 5.94. The second-order valence-electron chi connectivity index (χ2n) is 8.06. The van der Waals surface area contributed by atoms with E-state index in [4.69, 9.17) is 4.74 Å². The number of hydrogen-bond donors (Lipinski definition) is 0. The molecule has 0 atom stereocenters. The van der Waals surface area contributed by atoms with Crippen LogP contribution in [-0.4, -0.2) is 53.6 Å². The number of ether oxygens (including phenoxy) is 1. The SMILES string of the molecule is CCOc1ccc(C(=O)N2CCN(c3nc4cc(C)c(C)cc4nc3C(F)(F)F)CC2)cc1. The molecule has 6 nitrogen and oxygen atoms in total. The van der Waals surface area contributed by atoms with Gasteiger partial charge in [0.2, 0.25) is 0 Å². The molecule has 174 valence electrons. The minimum atomic E-state index is -4.63. The second-order valence-corrected chi connectivity index (χ2v) is 8.06. The van der Waals surface area contributed by atoms with Crippen molar-refractivity contribution in [3.05, 3.63) is 58.8 Å². The van der Waals surface area contributed by atoms with Crippen molar-refractivity contribution in [3.8, 4) is 5.75 Å². The fourth-order valence-corrected chi connectivity index (χ4v) is 3.88. The lowest BCUT2D eigenvalue weighted by Crippen LogP contribution is -2.49. The minimum absolute atomic E-state index is 0.163. The van der Waals surface area contributed by atoms with E-state index in [2.05, 4.69) is 9.97 Å². The number of amides is 1. The van der Waals surface area contributed by atoms with Crippen molar-refractivity contribution in [2.24, 2.45) is 0 Å². The lowest BCUT2D eigenvalue weighted by atomic mass is 10.1. The maximum atomic E-state index is 13.8. The first kappa shape index (κ1) is 22.8. The Morgan fingerprint density at radius 3 is 2.09 bits per heavy atom. The molecule has 0 spiro atoms. The molecule has 0 unspecified atom stereocenters. The molecule has 1 aromatic heterocycles. The zero-order chi connectivity index (χ0) is 23.8. The predicted octanol–water partition coefficient (Wildman–Crippen LogP) is 4.63. The van der Waals surface area contributed by atoms with Crippen LogP contribution >= 0.6 is 0 Å². The number of carbonyl (C=O) groups excluding carboxylic acids is 1. The van der Waals surface area contributed by atoms with E-state index in [1.165, 1.54) is 0 Å². The van der Waals surface area contributed by atoms with Gasteiger partial charge in [-0.05, 0) is 68.3 Å². The van der Waals surface area contributed by atoms with Crippen molar-refractivity contribution >= 4 is 22.8 Å². The molecular formula is C24H25F3N4O2. The number of halogens is 3. The molecule has 3 aromatic rings. The van der Waals surface area contributed by atoms with Gasteiger partial charge in [-0.15, -0.1) is 0 Å². The van der Waals surface area contributed by atoms with Crippen molar-refractivity contribution in [3.63, 3.8) is 0 Å². The van der Waals surface area contributed by atoms with E-state index in [-0.39, 0.29) is 43.4 Å². The summed E-state index contributed by atoms with van der Waals surface area (Å²) in [5.74, 6) is 0.328. The third-order valence-corrected chi connectivity index (χ3v) is 5.81. The van der Waals surface area contributed by atoms with Gasteiger partial charge in [0.1, 0.15) is 5.75 Å². The van der Waals surface area contributed by atoms with Gasteiger partial charge in [0, 0.05) is 31.7 Å². The number of carbonyl (C=O) groups is 1. The van der Waals surface area contributed by atoms with Crippen molar-refractivity contribution in [2.75, 3.05) is 37.7 Å². The summed E-state index contributed by atoms with van der Waals surface area (Å²) in [6.45, 7) is 7.17. The van der Waals surface area contributed by atoms with Crippen LogP contribution in [0.25, 0.3) is 11.0 Å². The Hall–Kier alpha value is -3.36. The lowest BCUT2D eigenvalue weighted by molar-refractivity contribution is -0.140. The Bertz CT molecular complexity index is 1170. The lowest BCUT2D eigenvalue weighted by Gasteiger charge is -2.36. The Kier molecular flexibility index (Phi) is 6.14. The standard InChI is InChI=1S/C24H25F3N4O2/c1-4-33-18-7-5-17(6-8-18)23(32)31-11-9-30(10-12-31)22-21(24(25,26)27)28-19-13-15(2)16(3)14-20(19)29-22/h5-8,13-14H,4,9-12H2,1-3H3. The average Bonchev–Trinajstić information content (AvgIpc) is 2.79. The number of anilines is 1. The normalized spacial score (nSPS) is 14.6. The van der Waals surface area contributed by atoms with Crippen LogP contribution in [0.1, 0.15) is 34.1 Å². The number of piperazine rings is 1. The summed E-state index contributed by atoms with van der Waals surface area (Å²) in [5, 5.41) is 0. The molecule has 2 aromatic carbocycles. The van der Waals surface area contributed by atoms with Gasteiger partial charge in [0.15, 0.2) is 11.5 Å². The van der Waals surface area contributed by atoms with E-state index in [0.717, 1.165) is 11.1 Å². The van der Waals surface area contributed by atoms with Crippen LogP contribution in [-0.2, 0) is 6.18 Å². The topological polar surface area (TPSA) is 58.6 Å². The molecule has 0 bridgehead atoms. The number of hydrogen-bond acceptors (Lipinski definition) is 5. The minimum Gasteiger partial charge on any atom is -0.494 e. The maximum absolute atomic E-state index is 13.8. The van der Waals surface area contributed by atoms with Gasteiger partial charge < -0.3 is 14.5 Å². The molecule has 2 heterocycles. The number of benzene rings is 2. The fraction of sp³-hybridized carbons (Fsp3) is 0.375. The molecule has 1 aliphatic heterocycles. The highest BCUT2D eigenvalue weighted by Gasteiger charge is 2.39. The van der Waals surface area contributed by atoms with Crippen molar-refractivity contribution < 1.29 is 22.7 Å². The largest absolute Gasteiger partial charge is 0.494 e. The summed E-state index contributed by atoms with van der Waals surface area (Å²) in [4.78, 5) is 24.3. The van der Waals surface area contributed by atoms with Crippen LogP contribution in [0.3, 0.4) is 0 Å². The molecule has 0 aliphatic carbocycles. The second kappa shape index (κ2) is 8.88. The number of rotatable bonds is 4. The van der Waals surface area contributed by atoms with Gasteiger partial charge in [0.25, 0.3) is 5.91 Å². The predicted molar refractivity (Wildman–Crippen MR) is 120 cm³/mol. The fourth-order valence-electron chi connectivity index (χ4n) is 3.88. The van der Waals surface area contributed by atoms with Crippen molar-refractivity contribution in [1.82, 2.24) is 14.9 Å². The van der Waals surface area contributed by atoms with Gasteiger partial charge >= 0.3 is 6.18 Å². The number of fused-ring (bicyclic) bond motifs is 1. The summed E-state index contributed by atoms with van der Waals surface area (Å²) in [5.41, 5.74) is 1.96. The Balaban J connectivity index is 1.55. The molecule has 9 heteroatoms. The van der Waals surface area contributed by atoms with Gasteiger partial charge in [0.05, 0.1) is 17.6 Å². The van der Waals surface area contributed by atoms with E-state index in [0.29, 0.717) is 23.4 Å². The Morgan fingerprint density at radius 1 is 0.970 bits per heavy atom. The van der Waals surface area contributed by atoms with Crippen LogP contribution in [0.4, 0.5) is 19.0 Å². The van der Waals surface area contributed by atoms with Crippen molar-refractivity contribution in [2.45, 2.75) is 26.9 Å². The molecule has 0 radical (unpaired) electrons. The Labute approximate surface area is 190 Å². The molecular weight excluding hydrogens is 433 g/mol. The van der Waals surface area contributed by atoms with E-state index < -0.39 is 11.9 Å². The summed E-state index contributed by atoms with van der Waals surface area (Å²) < 4.78 is 46.9. The molecule has 33 heavy (non-hydrogen) atoms. The molecule has 1 amide bonds. The van der Waals surface area contributed by atoms with Gasteiger partial charge in [-0.25, -0.2) is 9.97 Å².